The molecular formula is C17H27BrN2. The molecule has 0 aromatic heterocycles. The minimum absolute atomic E-state index is 0.299. The SMILES string of the molecule is CCC1CN(Cc2ccccc2Br)C(C(C)(C)C)CN1. The molecule has 1 aromatic carbocycles. The molecule has 0 saturated carbocycles. The summed E-state index contributed by atoms with van der Waals surface area (Å²) in [6.45, 7) is 12.6. The molecule has 1 saturated heterocycles. The van der Waals surface area contributed by atoms with E-state index < -0.39 is 0 Å². The summed E-state index contributed by atoms with van der Waals surface area (Å²) in [4.78, 5) is 2.66. The number of nitrogens with one attached hydrogen (secondary N) is 1. The standard InChI is InChI=1S/C17H27BrN2/c1-5-14-12-20(16(10-19-14)17(2,3)4)11-13-8-6-7-9-15(13)18/h6-9,14,16,19H,5,10-12H2,1-4H3. The number of benzene rings is 1. The van der Waals surface area contributed by atoms with Crippen LogP contribution in [0.1, 0.15) is 39.7 Å². The minimum atomic E-state index is 0.299. The molecule has 0 spiro atoms. The van der Waals surface area contributed by atoms with E-state index in [0.717, 1.165) is 19.6 Å². The predicted octanol–water partition coefficient (Wildman–Crippen LogP) is 4.05. The third-order valence-electron chi connectivity index (χ3n) is 4.32. The first-order valence-electron chi connectivity index (χ1n) is 7.62. The number of hydrogen-bond acceptors (Lipinski definition) is 2. The zero-order valence-electron chi connectivity index (χ0n) is 13.1. The minimum Gasteiger partial charge on any atom is -0.311 e. The summed E-state index contributed by atoms with van der Waals surface area (Å²) in [5.41, 5.74) is 1.69. The number of halogens is 1. The molecule has 1 N–H and O–H groups in total. The van der Waals surface area contributed by atoms with E-state index in [9.17, 15) is 0 Å². The number of nitrogens with zero attached hydrogens (tertiary/aromatic N) is 1. The second-order valence-corrected chi connectivity index (χ2v) is 7.77. The van der Waals surface area contributed by atoms with Crippen LogP contribution in [0.15, 0.2) is 28.7 Å². The van der Waals surface area contributed by atoms with Crippen LogP contribution in [0.25, 0.3) is 0 Å². The molecule has 1 aliphatic rings. The van der Waals surface area contributed by atoms with E-state index in [2.05, 4.69) is 78.1 Å². The highest BCUT2D eigenvalue weighted by atomic mass is 79.9. The van der Waals surface area contributed by atoms with Gasteiger partial charge < -0.3 is 5.32 Å². The van der Waals surface area contributed by atoms with Crippen LogP contribution in [0.3, 0.4) is 0 Å². The van der Waals surface area contributed by atoms with Crippen LogP contribution in [0.2, 0.25) is 0 Å². The van der Waals surface area contributed by atoms with Crippen LogP contribution in [0.5, 0.6) is 0 Å². The second-order valence-electron chi connectivity index (χ2n) is 6.92. The molecule has 3 heteroatoms. The van der Waals surface area contributed by atoms with Gasteiger partial charge in [-0.05, 0) is 23.5 Å². The van der Waals surface area contributed by atoms with E-state index >= 15 is 0 Å². The largest absolute Gasteiger partial charge is 0.311 e. The molecule has 1 heterocycles. The maximum absolute atomic E-state index is 3.70. The van der Waals surface area contributed by atoms with Crippen LogP contribution < -0.4 is 5.32 Å². The Morgan fingerprint density at radius 1 is 1.30 bits per heavy atom. The van der Waals surface area contributed by atoms with Gasteiger partial charge in [0.1, 0.15) is 0 Å². The number of hydrogen-bond donors (Lipinski definition) is 1. The Hall–Kier alpha value is -0.380. The van der Waals surface area contributed by atoms with Crippen molar-refractivity contribution in [2.45, 2.75) is 52.7 Å². The zero-order chi connectivity index (χ0) is 14.8. The van der Waals surface area contributed by atoms with Crippen LogP contribution in [-0.2, 0) is 6.54 Å². The van der Waals surface area contributed by atoms with Gasteiger partial charge in [0.2, 0.25) is 0 Å². The Kier molecular flexibility index (Phi) is 5.27. The first kappa shape index (κ1) is 16.0. The number of rotatable bonds is 3. The molecule has 1 aromatic rings. The van der Waals surface area contributed by atoms with E-state index in [1.807, 2.05) is 0 Å². The predicted molar refractivity (Wildman–Crippen MR) is 89.9 cm³/mol. The summed E-state index contributed by atoms with van der Waals surface area (Å²) in [7, 11) is 0. The van der Waals surface area contributed by atoms with Gasteiger partial charge in [0.25, 0.3) is 0 Å². The smallest absolute Gasteiger partial charge is 0.0273 e. The summed E-state index contributed by atoms with van der Waals surface area (Å²) < 4.78 is 1.22. The van der Waals surface area contributed by atoms with Crippen LogP contribution in [0.4, 0.5) is 0 Å². The van der Waals surface area contributed by atoms with Crippen molar-refractivity contribution < 1.29 is 0 Å². The van der Waals surface area contributed by atoms with Crippen molar-refractivity contribution in [3.05, 3.63) is 34.3 Å². The van der Waals surface area contributed by atoms with Gasteiger partial charge >= 0.3 is 0 Å². The topological polar surface area (TPSA) is 15.3 Å². The zero-order valence-corrected chi connectivity index (χ0v) is 14.7. The second kappa shape index (κ2) is 6.59. The molecule has 0 aliphatic carbocycles. The lowest BCUT2D eigenvalue weighted by atomic mass is 9.83. The summed E-state index contributed by atoms with van der Waals surface area (Å²) in [5, 5.41) is 3.70. The summed E-state index contributed by atoms with van der Waals surface area (Å²) in [6.07, 6.45) is 1.20. The number of piperazine rings is 1. The Labute approximate surface area is 132 Å². The van der Waals surface area contributed by atoms with Crippen LogP contribution >= 0.6 is 15.9 Å². The highest BCUT2D eigenvalue weighted by Gasteiger charge is 2.35. The highest BCUT2D eigenvalue weighted by molar-refractivity contribution is 9.10. The van der Waals surface area contributed by atoms with Gasteiger partial charge in [-0.15, -0.1) is 0 Å². The van der Waals surface area contributed by atoms with Crippen molar-refractivity contribution in [3.8, 4) is 0 Å². The van der Waals surface area contributed by atoms with Crippen LogP contribution in [-0.4, -0.2) is 30.1 Å². The maximum Gasteiger partial charge on any atom is 0.0273 e. The highest BCUT2D eigenvalue weighted by Crippen LogP contribution is 2.29. The Morgan fingerprint density at radius 3 is 2.60 bits per heavy atom. The van der Waals surface area contributed by atoms with Crippen molar-refractivity contribution in [3.63, 3.8) is 0 Å². The quantitative estimate of drug-likeness (QED) is 0.894. The first-order valence-corrected chi connectivity index (χ1v) is 8.42. The van der Waals surface area contributed by atoms with Crippen molar-refractivity contribution in [1.82, 2.24) is 10.2 Å². The molecule has 1 fully saturated rings. The van der Waals surface area contributed by atoms with E-state index in [4.69, 9.17) is 0 Å². The van der Waals surface area contributed by atoms with Gasteiger partial charge in [0, 0.05) is 36.2 Å². The molecule has 2 rings (SSSR count). The van der Waals surface area contributed by atoms with E-state index in [-0.39, 0.29) is 0 Å². The lowest BCUT2D eigenvalue weighted by molar-refractivity contribution is 0.0483. The fraction of sp³-hybridized carbons (Fsp3) is 0.647. The lowest BCUT2D eigenvalue weighted by Crippen LogP contribution is -2.59. The van der Waals surface area contributed by atoms with Crippen molar-refractivity contribution >= 4 is 15.9 Å². The Balaban J connectivity index is 2.17. The van der Waals surface area contributed by atoms with Gasteiger partial charge in [-0.3, -0.25) is 4.90 Å². The third kappa shape index (κ3) is 3.84. The van der Waals surface area contributed by atoms with E-state index in [1.54, 1.807) is 0 Å². The monoisotopic (exact) mass is 338 g/mol. The van der Waals surface area contributed by atoms with Gasteiger partial charge in [0.15, 0.2) is 0 Å². The lowest BCUT2D eigenvalue weighted by Gasteiger charge is -2.46. The Bertz CT molecular complexity index is 439. The summed E-state index contributed by atoms with van der Waals surface area (Å²) >= 11 is 3.68. The van der Waals surface area contributed by atoms with E-state index in [1.165, 1.54) is 16.5 Å². The normalized spacial score (nSPS) is 24.9. The third-order valence-corrected chi connectivity index (χ3v) is 5.09. The molecule has 0 radical (unpaired) electrons. The fourth-order valence-corrected chi connectivity index (χ4v) is 3.44. The molecule has 20 heavy (non-hydrogen) atoms. The first-order chi connectivity index (χ1) is 9.41. The molecule has 0 amide bonds. The van der Waals surface area contributed by atoms with Crippen molar-refractivity contribution in [2.24, 2.45) is 5.41 Å². The van der Waals surface area contributed by atoms with Crippen molar-refractivity contribution in [1.29, 1.82) is 0 Å². The molecule has 2 nitrogen and oxygen atoms in total. The average Bonchev–Trinajstić information content (AvgIpc) is 2.40. The van der Waals surface area contributed by atoms with E-state index in [0.29, 0.717) is 17.5 Å². The maximum atomic E-state index is 3.70. The van der Waals surface area contributed by atoms with Gasteiger partial charge in [0.05, 0.1) is 0 Å². The van der Waals surface area contributed by atoms with Gasteiger partial charge in [-0.2, -0.15) is 0 Å². The summed E-state index contributed by atoms with van der Waals surface area (Å²) in [6, 6.07) is 9.79. The fourth-order valence-electron chi connectivity index (χ4n) is 3.03. The van der Waals surface area contributed by atoms with Gasteiger partial charge in [-0.1, -0.05) is 61.8 Å². The van der Waals surface area contributed by atoms with Crippen LogP contribution in [0, 0.1) is 5.41 Å². The molecule has 1 aliphatic heterocycles. The molecule has 112 valence electrons. The van der Waals surface area contributed by atoms with Gasteiger partial charge in [-0.25, -0.2) is 0 Å². The molecule has 2 atom stereocenters. The summed E-state index contributed by atoms with van der Waals surface area (Å²) in [5.74, 6) is 0. The average molecular weight is 339 g/mol. The Morgan fingerprint density at radius 2 is 2.00 bits per heavy atom. The van der Waals surface area contributed by atoms with Crippen molar-refractivity contribution in [2.75, 3.05) is 13.1 Å². The molecule has 0 bridgehead atoms. The molecule has 2 unspecified atom stereocenters. The molecular weight excluding hydrogens is 312 g/mol.